The maximum absolute atomic E-state index is 12.8. The van der Waals surface area contributed by atoms with Crippen LogP contribution in [-0.4, -0.2) is 39.4 Å². The molecule has 1 aromatic heterocycles. The van der Waals surface area contributed by atoms with E-state index in [0.717, 1.165) is 23.2 Å². The number of hydrogen-bond acceptors (Lipinski definition) is 4. The fourth-order valence-electron chi connectivity index (χ4n) is 3.51. The first-order chi connectivity index (χ1) is 14.9. The number of rotatable bonds is 8. The van der Waals surface area contributed by atoms with Crippen LogP contribution in [-0.2, 0) is 16.1 Å². The zero-order valence-electron chi connectivity index (χ0n) is 18.2. The van der Waals surface area contributed by atoms with Crippen LogP contribution in [0, 0.1) is 13.8 Å². The lowest BCUT2D eigenvalue weighted by molar-refractivity contribution is -0.134. The third-order valence-electron chi connectivity index (χ3n) is 5.22. The van der Waals surface area contributed by atoms with Gasteiger partial charge in [-0.15, -0.1) is 0 Å². The van der Waals surface area contributed by atoms with Crippen molar-refractivity contribution in [3.63, 3.8) is 0 Å². The van der Waals surface area contributed by atoms with Crippen LogP contribution in [0.4, 0.5) is 5.69 Å². The van der Waals surface area contributed by atoms with Gasteiger partial charge in [0.25, 0.3) is 5.56 Å². The summed E-state index contributed by atoms with van der Waals surface area (Å²) in [6.07, 6.45) is 2.34. The summed E-state index contributed by atoms with van der Waals surface area (Å²) in [5, 5.41) is 3.40. The van der Waals surface area contributed by atoms with Gasteiger partial charge >= 0.3 is 0 Å². The van der Waals surface area contributed by atoms with E-state index in [1.54, 1.807) is 6.07 Å². The quantitative estimate of drug-likeness (QED) is 0.606. The van der Waals surface area contributed by atoms with E-state index in [1.807, 2.05) is 57.2 Å². The molecule has 0 aliphatic carbocycles. The van der Waals surface area contributed by atoms with Crippen LogP contribution in [0.5, 0.6) is 0 Å². The molecule has 0 saturated heterocycles. The second-order valence-electron chi connectivity index (χ2n) is 7.64. The molecule has 3 rings (SSSR count). The van der Waals surface area contributed by atoms with E-state index in [-0.39, 0.29) is 36.9 Å². The van der Waals surface area contributed by atoms with Gasteiger partial charge in [0.15, 0.2) is 0 Å². The molecule has 7 heteroatoms. The zero-order valence-corrected chi connectivity index (χ0v) is 18.2. The Hall–Kier alpha value is -3.48. The summed E-state index contributed by atoms with van der Waals surface area (Å²) < 4.78 is 1.46. The molecular weight excluding hydrogens is 392 g/mol. The Morgan fingerprint density at radius 1 is 1.06 bits per heavy atom. The van der Waals surface area contributed by atoms with Gasteiger partial charge in [0.1, 0.15) is 0 Å². The average Bonchev–Trinajstić information content (AvgIpc) is 2.75. The second-order valence-corrected chi connectivity index (χ2v) is 7.64. The predicted molar refractivity (Wildman–Crippen MR) is 122 cm³/mol. The van der Waals surface area contributed by atoms with Gasteiger partial charge in [0.2, 0.25) is 11.8 Å². The third-order valence-corrected chi connectivity index (χ3v) is 5.22. The van der Waals surface area contributed by atoms with Crippen LogP contribution in [0.15, 0.2) is 53.6 Å². The SMILES string of the molecule is CCCN(CC(=O)Nc1ccccc1C)C(=O)CCn1cnc2c(C)cccc2c1=O. The minimum absolute atomic E-state index is 0.0227. The molecule has 0 bridgehead atoms. The number of benzene rings is 2. The Labute approximate surface area is 181 Å². The Kier molecular flexibility index (Phi) is 7.18. The monoisotopic (exact) mass is 420 g/mol. The van der Waals surface area contributed by atoms with Crippen LogP contribution in [0.3, 0.4) is 0 Å². The number of aryl methyl sites for hydroxylation is 3. The number of anilines is 1. The highest BCUT2D eigenvalue weighted by atomic mass is 16.2. The van der Waals surface area contributed by atoms with Gasteiger partial charge in [-0.25, -0.2) is 4.98 Å². The standard InChI is InChI=1S/C24H28N4O3/c1-4-13-27(15-21(29)26-20-11-6-5-8-17(20)2)22(30)12-14-28-16-25-23-18(3)9-7-10-19(23)24(28)31/h5-11,16H,4,12-15H2,1-3H3,(H,26,29). The molecule has 1 N–H and O–H groups in total. The maximum Gasteiger partial charge on any atom is 0.261 e. The Balaban J connectivity index is 1.66. The van der Waals surface area contributed by atoms with Gasteiger partial charge in [-0.2, -0.15) is 0 Å². The summed E-state index contributed by atoms with van der Waals surface area (Å²) in [7, 11) is 0. The third kappa shape index (κ3) is 5.36. The lowest BCUT2D eigenvalue weighted by Gasteiger charge is -2.22. The lowest BCUT2D eigenvalue weighted by Crippen LogP contribution is -2.39. The Bertz CT molecular complexity index is 1150. The molecule has 0 radical (unpaired) electrons. The van der Waals surface area contributed by atoms with Crippen molar-refractivity contribution in [2.75, 3.05) is 18.4 Å². The van der Waals surface area contributed by atoms with Crippen molar-refractivity contribution in [2.24, 2.45) is 0 Å². The molecule has 2 amide bonds. The molecule has 0 aliphatic rings. The summed E-state index contributed by atoms with van der Waals surface area (Å²) in [5.74, 6) is -0.408. The van der Waals surface area contributed by atoms with Crippen molar-refractivity contribution < 1.29 is 9.59 Å². The largest absolute Gasteiger partial charge is 0.333 e. The molecule has 3 aromatic rings. The van der Waals surface area contributed by atoms with Crippen molar-refractivity contribution >= 4 is 28.4 Å². The number of nitrogens with one attached hydrogen (secondary N) is 1. The summed E-state index contributed by atoms with van der Waals surface area (Å²) >= 11 is 0. The first-order valence-corrected chi connectivity index (χ1v) is 10.5. The van der Waals surface area contributed by atoms with E-state index in [1.165, 1.54) is 15.8 Å². The molecule has 31 heavy (non-hydrogen) atoms. The maximum atomic E-state index is 12.8. The van der Waals surface area contributed by atoms with E-state index in [2.05, 4.69) is 10.3 Å². The number of aromatic nitrogens is 2. The van der Waals surface area contributed by atoms with Gasteiger partial charge < -0.3 is 10.2 Å². The minimum atomic E-state index is -0.240. The first kappa shape index (κ1) is 22.2. The molecule has 0 unspecified atom stereocenters. The van der Waals surface area contributed by atoms with Gasteiger partial charge in [-0.05, 0) is 43.5 Å². The van der Waals surface area contributed by atoms with E-state index < -0.39 is 0 Å². The average molecular weight is 421 g/mol. The fraction of sp³-hybridized carbons (Fsp3) is 0.333. The lowest BCUT2D eigenvalue weighted by atomic mass is 10.1. The molecule has 2 aromatic carbocycles. The van der Waals surface area contributed by atoms with Crippen LogP contribution >= 0.6 is 0 Å². The van der Waals surface area contributed by atoms with Crippen LogP contribution in [0.1, 0.15) is 30.9 Å². The molecule has 7 nitrogen and oxygen atoms in total. The van der Waals surface area contributed by atoms with Crippen molar-refractivity contribution in [3.8, 4) is 0 Å². The molecule has 162 valence electrons. The Morgan fingerprint density at radius 3 is 2.55 bits per heavy atom. The van der Waals surface area contributed by atoms with Gasteiger partial charge in [-0.1, -0.05) is 37.3 Å². The topological polar surface area (TPSA) is 84.3 Å². The van der Waals surface area contributed by atoms with Crippen LogP contribution < -0.4 is 10.9 Å². The van der Waals surface area contributed by atoms with Crippen molar-refractivity contribution in [1.29, 1.82) is 0 Å². The molecule has 0 saturated carbocycles. The summed E-state index contributed by atoms with van der Waals surface area (Å²) in [6, 6.07) is 13.0. The van der Waals surface area contributed by atoms with Gasteiger partial charge in [0.05, 0.1) is 23.8 Å². The summed E-state index contributed by atoms with van der Waals surface area (Å²) in [4.78, 5) is 43.9. The molecule has 1 heterocycles. The molecule has 0 spiro atoms. The number of carbonyl (C=O) groups excluding carboxylic acids is 2. The highest BCUT2D eigenvalue weighted by molar-refractivity contribution is 5.95. The summed E-state index contributed by atoms with van der Waals surface area (Å²) in [6.45, 7) is 6.46. The number of hydrogen-bond donors (Lipinski definition) is 1. The number of para-hydroxylation sites is 2. The minimum Gasteiger partial charge on any atom is -0.333 e. The van der Waals surface area contributed by atoms with E-state index in [4.69, 9.17) is 0 Å². The zero-order chi connectivity index (χ0) is 22.4. The molecule has 0 fully saturated rings. The van der Waals surface area contributed by atoms with E-state index >= 15 is 0 Å². The van der Waals surface area contributed by atoms with Crippen molar-refractivity contribution in [1.82, 2.24) is 14.5 Å². The fourth-order valence-corrected chi connectivity index (χ4v) is 3.51. The van der Waals surface area contributed by atoms with Crippen molar-refractivity contribution in [2.45, 2.75) is 40.2 Å². The highest BCUT2D eigenvalue weighted by Gasteiger charge is 2.17. The van der Waals surface area contributed by atoms with Gasteiger partial charge in [0, 0.05) is 25.2 Å². The Morgan fingerprint density at radius 2 is 1.81 bits per heavy atom. The number of amides is 2. The van der Waals surface area contributed by atoms with Crippen molar-refractivity contribution in [3.05, 3.63) is 70.3 Å². The molecular formula is C24H28N4O3. The highest BCUT2D eigenvalue weighted by Crippen LogP contribution is 2.14. The number of nitrogens with zero attached hydrogens (tertiary/aromatic N) is 3. The van der Waals surface area contributed by atoms with Crippen LogP contribution in [0.25, 0.3) is 10.9 Å². The number of fused-ring (bicyclic) bond motifs is 1. The van der Waals surface area contributed by atoms with Crippen LogP contribution in [0.2, 0.25) is 0 Å². The smallest absolute Gasteiger partial charge is 0.261 e. The predicted octanol–water partition coefficient (Wildman–Crippen LogP) is 3.28. The molecule has 0 atom stereocenters. The number of carbonyl (C=O) groups is 2. The first-order valence-electron chi connectivity index (χ1n) is 10.5. The van der Waals surface area contributed by atoms with E-state index in [0.29, 0.717) is 17.4 Å². The normalized spacial score (nSPS) is 10.8. The second kappa shape index (κ2) is 10.0. The molecule has 0 aliphatic heterocycles. The van der Waals surface area contributed by atoms with E-state index in [9.17, 15) is 14.4 Å². The van der Waals surface area contributed by atoms with Gasteiger partial charge in [-0.3, -0.25) is 19.0 Å². The summed E-state index contributed by atoms with van der Waals surface area (Å²) in [5.41, 5.74) is 3.14.